The summed E-state index contributed by atoms with van der Waals surface area (Å²) in [5.41, 5.74) is 1.74. The quantitative estimate of drug-likeness (QED) is 0.763. The zero-order valence-electron chi connectivity index (χ0n) is 17.4. The SMILES string of the molecule is O=C(c1cnccn1)N1CCC2(CC1)CC(N(Cc1ccccc1)C1CC1)CCO2. The summed E-state index contributed by atoms with van der Waals surface area (Å²) in [4.78, 5) is 25.6. The van der Waals surface area contributed by atoms with E-state index >= 15 is 0 Å². The third-order valence-electron chi connectivity index (χ3n) is 6.90. The van der Waals surface area contributed by atoms with E-state index in [4.69, 9.17) is 4.74 Å². The number of benzene rings is 1. The summed E-state index contributed by atoms with van der Waals surface area (Å²) in [6.07, 6.45) is 11.3. The molecule has 3 heterocycles. The van der Waals surface area contributed by atoms with Gasteiger partial charge in [-0.3, -0.25) is 14.7 Å². The van der Waals surface area contributed by atoms with Crippen LogP contribution in [0.25, 0.3) is 0 Å². The zero-order valence-corrected chi connectivity index (χ0v) is 17.4. The van der Waals surface area contributed by atoms with Crippen LogP contribution in [0, 0.1) is 0 Å². The first-order valence-electron chi connectivity index (χ1n) is 11.2. The second-order valence-electron chi connectivity index (χ2n) is 8.95. The summed E-state index contributed by atoms with van der Waals surface area (Å²) in [6.45, 7) is 3.30. The fourth-order valence-corrected chi connectivity index (χ4v) is 5.08. The molecular weight excluding hydrogens is 376 g/mol. The van der Waals surface area contributed by atoms with Crippen LogP contribution in [-0.2, 0) is 11.3 Å². The molecule has 1 unspecified atom stereocenters. The minimum atomic E-state index is -0.0914. The Balaban J connectivity index is 1.23. The Morgan fingerprint density at radius 3 is 2.60 bits per heavy atom. The second kappa shape index (κ2) is 8.44. The van der Waals surface area contributed by atoms with Gasteiger partial charge < -0.3 is 9.64 Å². The smallest absolute Gasteiger partial charge is 0.274 e. The first kappa shape index (κ1) is 19.6. The maximum absolute atomic E-state index is 12.7. The van der Waals surface area contributed by atoms with Crippen LogP contribution in [0.1, 0.15) is 54.6 Å². The van der Waals surface area contributed by atoms with Gasteiger partial charge in [0.05, 0.1) is 11.8 Å². The summed E-state index contributed by atoms with van der Waals surface area (Å²) >= 11 is 0. The van der Waals surface area contributed by atoms with E-state index < -0.39 is 0 Å². The van der Waals surface area contributed by atoms with Crippen LogP contribution < -0.4 is 0 Å². The van der Waals surface area contributed by atoms with Gasteiger partial charge in [0.25, 0.3) is 5.91 Å². The molecule has 1 amide bonds. The van der Waals surface area contributed by atoms with Crippen molar-refractivity contribution in [2.75, 3.05) is 19.7 Å². The molecule has 1 saturated carbocycles. The van der Waals surface area contributed by atoms with Crippen LogP contribution in [0.3, 0.4) is 0 Å². The number of hydrogen-bond donors (Lipinski definition) is 0. The number of ether oxygens (including phenoxy) is 1. The molecule has 30 heavy (non-hydrogen) atoms. The second-order valence-corrected chi connectivity index (χ2v) is 8.95. The highest BCUT2D eigenvalue weighted by atomic mass is 16.5. The number of carbonyl (C=O) groups excluding carboxylic acids is 1. The van der Waals surface area contributed by atoms with Crippen LogP contribution >= 0.6 is 0 Å². The molecule has 3 aliphatic rings. The largest absolute Gasteiger partial charge is 0.375 e. The maximum atomic E-state index is 12.7. The molecule has 0 N–H and O–H groups in total. The van der Waals surface area contributed by atoms with Crippen LogP contribution in [0.5, 0.6) is 0 Å². The van der Waals surface area contributed by atoms with Crippen LogP contribution in [0.4, 0.5) is 0 Å². The van der Waals surface area contributed by atoms with Crippen LogP contribution in [-0.4, -0.2) is 63.1 Å². The Hall–Kier alpha value is -2.31. The topological polar surface area (TPSA) is 58.6 Å². The van der Waals surface area contributed by atoms with Crippen LogP contribution in [0.2, 0.25) is 0 Å². The Morgan fingerprint density at radius 2 is 1.90 bits per heavy atom. The van der Waals surface area contributed by atoms with Crippen molar-refractivity contribution < 1.29 is 9.53 Å². The van der Waals surface area contributed by atoms with Crippen molar-refractivity contribution in [3.63, 3.8) is 0 Å². The van der Waals surface area contributed by atoms with E-state index in [-0.39, 0.29) is 11.5 Å². The Morgan fingerprint density at radius 1 is 1.10 bits per heavy atom. The predicted octanol–water partition coefficient (Wildman–Crippen LogP) is 3.30. The molecule has 0 bridgehead atoms. The fourth-order valence-electron chi connectivity index (χ4n) is 5.08. The third-order valence-corrected chi connectivity index (χ3v) is 6.90. The van der Waals surface area contributed by atoms with E-state index in [2.05, 4.69) is 45.2 Å². The number of aromatic nitrogens is 2. The number of nitrogens with zero attached hydrogens (tertiary/aromatic N) is 4. The lowest BCUT2D eigenvalue weighted by Crippen LogP contribution is -2.54. The highest BCUT2D eigenvalue weighted by molar-refractivity contribution is 5.92. The lowest BCUT2D eigenvalue weighted by molar-refractivity contribution is -0.131. The number of piperidine rings is 1. The molecule has 1 spiro atoms. The molecule has 2 aromatic rings. The molecular formula is C24H30N4O2. The first-order chi connectivity index (χ1) is 14.7. The van der Waals surface area contributed by atoms with Crippen molar-refractivity contribution in [2.45, 2.75) is 62.8 Å². The van der Waals surface area contributed by atoms with Crippen molar-refractivity contribution in [1.29, 1.82) is 0 Å². The first-order valence-corrected chi connectivity index (χ1v) is 11.2. The van der Waals surface area contributed by atoms with E-state index in [1.54, 1.807) is 18.6 Å². The Kier molecular flexibility index (Phi) is 5.52. The lowest BCUT2D eigenvalue weighted by atomic mass is 9.81. The Labute approximate surface area is 178 Å². The van der Waals surface area contributed by atoms with Crippen LogP contribution in [0.15, 0.2) is 48.9 Å². The number of rotatable bonds is 5. The van der Waals surface area contributed by atoms with Crippen molar-refractivity contribution >= 4 is 5.91 Å². The van der Waals surface area contributed by atoms with E-state index in [0.29, 0.717) is 11.7 Å². The van der Waals surface area contributed by atoms with E-state index in [1.807, 2.05) is 4.90 Å². The molecule has 5 rings (SSSR count). The summed E-state index contributed by atoms with van der Waals surface area (Å²) in [6, 6.07) is 12.1. The lowest BCUT2D eigenvalue weighted by Gasteiger charge is -2.48. The van der Waals surface area contributed by atoms with E-state index in [9.17, 15) is 4.79 Å². The van der Waals surface area contributed by atoms with Gasteiger partial charge >= 0.3 is 0 Å². The molecule has 1 aliphatic carbocycles. The van der Waals surface area contributed by atoms with Gasteiger partial charge in [-0.25, -0.2) is 4.98 Å². The van der Waals surface area contributed by atoms with Gasteiger partial charge in [-0.15, -0.1) is 0 Å². The summed E-state index contributed by atoms with van der Waals surface area (Å²) in [5, 5.41) is 0. The highest BCUT2D eigenvalue weighted by Gasteiger charge is 2.45. The van der Waals surface area contributed by atoms with Gasteiger partial charge in [0.2, 0.25) is 0 Å². The molecule has 1 aromatic heterocycles. The number of hydrogen-bond acceptors (Lipinski definition) is 5. The molecule has 1 atom stereocenters. The summed E-state index contributed by atoms with van der Waals surface area (Å²) in [7, 11) is 0. The van der Waals surface area contributed by atoms with Gasteiger partial charge in [0, 0.05) is 50.7 Å². The number of carbonyl (C=O) groups is 1. The van der Waals surface area contributed by atoms with Gasteiger partial charge in [0.15, 0.2) is 0 Å². The molecule has 158 valence electrons. The van der Waals surface area contributed by atoms with Gasteiger partial charge in [0.1, 0.15) is 5.69 Å². The Bertz CT molecular complexity index is 848. The fraction of sp³-hybridized carbons (Fsp3) is 0.542. The number of amides is 1. The zero-order chi connectivity index (χ0) is 20.4. The average Bonchev–Trinajstić information content (AvgIpc) is 3.64. The minimum absolute atomic E-state index is 0.0195. The summed E-state index contributed by atoms with van der Waals surface area (Å²) < 4.78 is 6.38. The van der Waals surface area contributed by atoms with Gasteiger partial charge in [-0.1, -0.05) is 30.3 Å². The van der Waals surface area contributed by atoms with Crippen molar-refractivity contribution in [2.24, 2.45) is 0 Å². The molecule has 6 nitrogen and oxygen atoms in total. The average molecular weight is 407 g/mol. The van der Waals surface area contributed by atoms with Crippen molar-refractivity contribution in [3.8, 4) is 0 Å². The standard InChI is InChI=1S/C24H30N4O2/c29-23(22-17-25-11-12-26-22)27-13-9-24(10-14-27)16-21(8-15-30-24)28(20-6-7-20)18-19-4-2-1-3-5-19/h1-5,11-12,17,20-21H,6-10,13-16,18H2. The molecule has 3 fully saturated rings. The molecule has 2 aliphatic heterocycles. The predicted molar refractivity (Wildman–Crippen MR) is 114 cm³/mol. The minimum Gasteiger partial charge on any atom is -0.375 e. The van der Waals surface area contributed by atoms with E-state index in [1.165, 1.54) is 18.4 Å². The number of likely N-dealkylation sites (tertiary alicyclic amines) is 1. The van der Waals surface area contributed by atoms with Gasteiger partial charge in [-0.05, 0) is 44.1 Å². The molecule has 1 aromatic carbocycles. The third kappa shape index (κ3) is 4.25. The van der Waals surface area contributed by atoms with Gasteiger partial charge in [-0.2, -0.15) is 0 Å². The van der Waals surface area contributed by atoms with Crippen molar-refractivity contribution in [1.82, 2.24) is 19.8 Å². The highest BCUT2D eigenvalue weighted by Crippen LogP contribution is 2.40. The molecule has 0 radical (unpaired) electrons. The monoisotopic (exact) mass is 406 g/mol. The molecule has 6 heteroatoms. The maximum Gasteiger partial charge on any atom is 0.274 e. The molecule has 2 saturated heterocycles. The summed E-state index contributed by atoms with van der Waals surface area (Å²) in [5.74, 6) is -0.0195. The van der Waals surface area contributed by atoms with Crippen molar-refractivity contribution in [3.05, 3.63) is 60.2 Å². The normalized spacial score (nSPS) is 23.6. The van der Waals surface area contributed by atoms with E-state index in [0.717, 1.165) is 58.0 Å².